The minimum Gasteiger partial charge on any atom is -0.381 e. The Balaban J connectivity index is 1.11. The first-order chi connectivity index (χ1) is 26.5. The zero-order chi connectivity index (χ0) is 37.1. The summed E-state index contributed by atoms with van der Waals surface area (Å²) in [5.41, 5.74) is 18.5. The van der Waals surface area contributed by atoms with Crippen LogP contribution in [0.5, 0.6) is 0 Å². The van der Waals surface area contributed by atoms with Gasteiger partial charge in [-0.15, -0.1) is 0 Å². The van der Waals surface area contributed by atoms with Gasteiger partial charge in [0.2, 0.25) is 0 Å². The van der Waals surface area contributed by atoms with Crippen molar-refractivity contribution in [3.8, 4) is 33.4 Å². The highest BCUT2D eigenvalue weighted by Gasteiger charge is 2.09. The van der Waals surface area contributed by atoms with Crippen LogP contribution in [0.1, 0.15) is 54.2 Å². The summed E-state index contributed by atoms with van der Waals surface area (Å²) in [5, 5.41) is 10.8. The van der Waals surface area contributed by atoms with Crippen molar-refractivity contribution >= 4 is 17.1 Å². The van der Waals surface area contributed by atoms with E-state index in [1.54, 1.807) is 0 Å². The summed E-state index contributed by atoms with van der Waals surface area (Å²) >= 11 is 0. The molecular weight excluding hydrogens is 655 g/mol. The second kappa shape index (κ2) is 17.6. The minimum atomic E-state index is 0.801. The molecule has 0 bridgehead atoms. The van der Waals surface area contributed by atoms with Gasteiger partial charge in [0.15, 0.2) is 0 Å². The van der Waals surface area contributed by atoms with Crippen LogP contribution >= 0.6 is 0 Å². The summed E-state index contributed by atoms with van der Waals surface area (Å²) in [6, 6.07) is 60.1. The summed E-state index contributed by atoms with van der Waals surface area (Å²) in [5.74, 6) is 0. The Hall–Kier alpha value is -6.06. The first kappa shape index (κ1) is 36.3. The second-order valence-electron chi connectivity index (χ2n) is 14.1. The van der Waals surface area contributed by atoms with Crippen molar-refractivity contribution in [3.05, 3.63) is 197 Å². The first-order valence-electron chi connectivity index (χ1n) is 19.5. The van der Waals surface area contributed by atoms with Crippen molar-refractivity contribution in [2.45, 2.75) is 59.7 Å². The van der Waals surface area contributed by atoms with E-state index in [0.29, 0.717) is 0 Å². The zero-order valence-electron chi connectivity index (χ0n) is 31.8. The van der Waals surface area contributed by atoms with Gasteiger partial charge in [0, 0.05) is 36.7 Å². The lowest BCUT2D eigenvalue weighted by molar-refractivity contribution is 1.11. The third kappa shape index (κ3) is 9.48. The number of hydrogen-bond donors (Lipinski definition) is 3. The van der Waals surface area contributed by atoms with Crippen LogP contribution in [-0.2, 0) is 38.9 Å². The molecule has 0 atom stereocenters. The molecule has 54 heavy (non-hydrogen) atoms. The third-order valence-corrected chi connectivity index (χ3v) is 10.4. The maximum atomic E-state index is 3.60. The zero-order valence-corrected chi connectivity index (χ0v) is 31.8. The van der Waals surface area contributed by atoms with Gasteiger partial charge in [-0.1, -0.05) is 130 Å². The van der Waals surface area contributed by atoms with Gasteiger partial charge >= 0.3 is 0 Å². The quantitative estimate of drug-likeness (QED) is 0.0994. The minimum absolute atomic E-state index is 0.801. The molecule has 0 unspecified atom stereocenters. The smallest absolute Gasteiger partial charge is 0.0400 e. The lowest BCUT2D eigenvalue weighted by atomic mass is 9.93. The Morgan fingerprint density at radius 2 is 0.481 bits per heavy atom. The monoisotopic (exact) mass is 705 g/mol. The molecule has 0 aromatic heterocycles. The molecule has 0 radical (unpaired) electrons. The number of benzene rings is 7. The molecule has 0 aliphatic heterocycles. The lowest BCUT2D eigenvalue weighted by Crippen LogP contribution is -1.99. The molecule has 0 heterocycles. The Morgan fingerprint density at radius 1 is 0.259 bits per heavy atom. The van der Waals surface area contributed by atoms with Crippen molar-refractivity contribution in [2.75, 3.05) is 16.0 Å². The molecular formula is C51H51N3. The molecule has 0 spiro atoms. The molecule has 0 saturated carbocycles. The molecule has 270 valence electrons. The maximum Gasteiger partial charge on any atom is 0.0400 e. The van der Waals surface area contributed by atoms with E-state index in [9.17, 15) is 0 Å². The van der Waals surface area contributed by atoms with Gasteiger partial charge in [0.1, 0.15) is 0 Å². The standard InChI is InChI=1S/C51H51N3/c1-4-37-7-13-40(14-8-37)34-52-49-25-19-43(20-26-49)46-31-47(44-21-27-50(28-22-44)53-35-41-15-9-38(5-2)10-16-41)33-48(32-46)45-23-29-51(30-24-45)54-36-42-17-11-39(6-3)12-18-42/h7-33,52-54H,4-6,34-36H2,1-3H3. The number of anilines is 3. The van der Waals surface area contributed by atoms with E-state index >= 15 is 0 Å². The molecule has 3 N–H and O–H groups in total. The van der Waals surface area contributed by atoms with Crippen LogP contribution in [0.2, 0.25) is 0 Å². The molecule has 0 aliphatic carbocycles. The number of hydrogen-bond acceptors (Lipinski definition) is 3. The van der Waals surface area contributed by atoms with Crippen molar-refractivity contribution in [1.82, 2.24) is 0 Å². The number of rotatable bonds is 15. The van der Waals surface area contributed by atoms with Crippen molar-refractivity contribution in [2.24, 2.45) is 0 Å². The first-order valence-corrected chi connectivity index (χ1v) is 19.5. The summed E-state index contributed by atoms with van der Waals surface area (Å²) in [6.07, 6.45) is 3.19. The Morgan fingerprint density at radius 3 is 0.704 bits per heavy atom. The lowest BCUT2D eigenvalue weighted by Gasteiger charge is -2.14. The van der Waals surface area contributed by atoms with Crippen molar-refractivity contribution in [3.63, 3.8) is 0 Å². The van der Waals surface area contributed by atoms with Gasteiger partial charge in [-0.2, -0.15) is 0 Å². The van der Waals surface area contributed by atoms with Gasteiger partial charge in [0.05, 0.1) is 0 Å². The molecule has 3 heteroatoms. The maximum absolute atomic E-state index is 3.60. The van der Waals surface area contributed by atoms with Crippen LogP contribution in [0.3, 0.4) is 0 Å². The van der Waals surface area contributed by atoms with E-state index in [4.69, 9.17) is 0 Å². The SMILES string of the molecule is CCc1ccc(CNc2ccc(-c3cc(-c4ccc(NCc5ccc(CC)cc5)cc4)cc(-c4ccc(NCc5ccc(CC)cc5)cc4)c3)cc2)cc1. The van der Waals surface area contributed by atoms with Crippen LogP contribution in [0.4, 0.5) is 17.1 Å². The molecule has 0 saturated heterocycles. The predicted octanol–water partition coefficient (Wildman–Crippen LogP) is 13.2. The van der Waals surface area contributed by atoms with Gasteiger partial charge < -0.3 is 16.0 Å². The fraction of sp³-hybridized carbons (Fsp3) is 0.176. The molecule has 3 nitrogen and oxygen atoms in total. The predicted molar refractivity (Wildman–Crippen MR) is 232 cm³/mol. The van der Waals surface area contributed by atoms with E-state index in [-0.39, 0.29) is 0 Å². The van der Waals surface area contributed by atoms with Crippen LogP contribution < -0.4 is 16.0 Å². The van der Waals surface area contributed by atoms with Crippen LogP contribution in [0.25, 0.3) is 33.4 Å². The van der Waals surface area contributed by atoms with Crippen LogP contribution in [0, 0.1) is 0 Å². The Labute approximate surface area is 322 Å². The van der Waals surface area contributed by atoms with Gasteiger partial charge in [0.25, 0.3) is 0 Å². The Bertz CT molecular complexity index is 1940. The van der Waals surface area contributed by atoms with E-state index < -0.39 is 0 Å². The van der Waals surface area contributed by atoms with Gasteiger partial charge in [-0.25, -0.2) is 0 Å². The summed E-state index contributed by atoms with van der Waals surface area (Å²) < 4.78 is 0. The average molecular weight is 706 g/mol. The van der Waals surface area contributed by atoms with E-state index in [2.05, 4.69) is 201 Å². The summed E-state index contributed by atoms with van der Waals surface area (Å²) in [7, 11) is 0. The number of nitrogens with one attached hydrogen (secondary N) is 3. The fourth-order valence-corrected chi connectivity index (χ4v) is 6.76. The average Bonchev–Trinajstić information content (AvgIpc) is 3.25. The van der Waals surface area contributed by atoms with Crippen LogP contribution in [-0.4, -0.2) is 0 Å². The highest BCUT2D eigenvalue weighted by Crippen LogP contribution is 2.34. The summed E-state index contributed by atoms with van der Waals surface area (Å²) in [4.78, 5) is 0. The molecule has 7 aromatic carbocycles. The second-order valence-corrected chi connectivity index (χ2v) is 14.1. The van der Waals surface area contributed by atoms with Crippen molar-refractivity contribution in [1.29, 1.82) is 0 Å². The largest absolute Gasteiger partial charge is 0.381 e. The topological polar surface area (TPSA) is 36.1 Å². The van der Waals surface area contributed by atoms with Crippen molar-refractivity contribution < 1.29 is 0 Å². The van der Waals surface area contributed by atoms with Gasteiger partial charge in [-0.05, 0) is 141 Å². The van der Waals surface area contributed by atoms with E-state index in [0.717, 1.165) is 56.0 Å². The third-order valence-electron chi connectivity index (χ3n) is 10.4. The molecule has 0 aliphatic rings. The molecule has 7 rings (SSSR count). The number of aryl methyl sites for hydroxylation is 3. The highest BCUT2D eigenvalue weighted by atomic mass is 14.9. The van der Waals surface area contributed by atoms with Gasteiger partial charge in [-0.3, -0.25) is 0 Å². The molecule has 0 amide bonds. The molecule has 0 fully saturated rings. The normalized spacial score (nSPS) is 10.9. The molecule has 7 aromatic rings. The fourth-order valence-electron chi connectivity index (χ4n) is 6.76. The van der Waals surface area contributed by atoms with E-state index in [1.165, 1.54) is 66.8 Å². The summed E-state index contributed by atoms with van der Waals surface area (Å²) in [6.45, 7) is 8.98. The van der Waals surface area contributed by atoms with E-state index in [1.807, 2.05) is 0 Å². The Kier molecular flexibility index (Phi) is 11.9. The van der Waals surface area contributed by atoms with Crippen LogP contribution in [0.15, 0.2) is 164 Å². The highest BCUT2D eigenvalue weighted by molar-refractivity contribution is 5.82.